The molecule has 1 rings (SSSR count). The van der Waals surface area contributed by atoms with Crippen molar-refractivity contribution in [2.24, 2.45) is 0 Å². The van der Waals surface area contributed by atoms with E-state index in [1.54, 1.807) is 6.92 Å². The number of rotatable bonds is 6. The fourth-order valence-corrected chi connectivity index (χ4v) is 1.52. The van der Waals surface area contributed by atoms with Crippen molar-refractivity contribution in [1.82, 2.24) is 5.32 Å². The van der Waals surface area contributed by atoms with E-state index >= 15 is 0 Å². The van der Waals surface area contributed by atoms with E-state index < -0.39 is 29.8 Å². The first-order valence-corrected chi connectivity index (χ1v) is 5.74. The quantitative estimate of drug-likeness (QED) is 0.820. The van der Waals surface area contributed by atoms with Gasteiger partial charge in [-0.25, -0.2) is 4.39 Å². The standard InChI is InChI=1S/C13H16FNO4/c1-8(19-2)13(18)15-11(7-12(16)17)9-3-5-10(14)6-4-9/h3-6,8,11H,7H2,1-2H3,(H,15,18)(H,16,17). The SMILES string of the molecule is COC(C)C(=O)NC(CC(=O)O)c1ccc(F)cc1. The Morgan fingerprint density at radius 2 is 1.95 bits per heavy atom. The molecule has 1 amide bonds. The summed E-state index contributed by atoms with van der Waals surface area (Å²) >= 11 is 0. The largest absolute Gasteiger partial charge is 0.481 e. The summed E-state index contributed by atoms with van der Waals surface area (Å²) in [7, 11) is 1.38. The summed E-state index contributed by atoms with van der Waals surface area (Å²) in [5.74, 6) is -1.90. The summed E-state index contributed by atoms with van der Waals surface area (Å²) in [4.78, 5) is 22.5. The van der Waals surface area contributed by atoms with Crippen molar-refractivity contribution in [2.45, 2.75) is 25.5 Å². The van der Waals surface area contributed by atoms with Gasteiger partial charge in [-0.3, -0.25) is 9.59 Å². The Morgan fingerprint density at radius 3 is 2.42 bits per heavy atom. The zero-order chi connectivity index (χ0) is 14.4. The molecule has 6 heteroatoms. The lowest BCUT2D eigenvalue weighted by molar-refractivity contribution is -0.138. The van der Waals surface area contributed by atoms with Gasteiger partial charge in [0.2, 0.25) is 5.91 Å². The number of carbonyl (C=O) groups excluding carboxylic acids is 1. The number of hydrogen-bond donors (Lipinski definition) is 2. The predicted molar refractivity (Wildman–Crippen MR) is 66.0 cm³/mol. The van der Waals surface area contributed by atoms with Gasteiger partial charge in [0.25, 0.3) is 0 Å². The Balaban J connectivity index is 2.85. The number of nitrogens with one attached hydrogen (secondary N) is 1. The van der Waals surface area contributed by atoms with Crippen LogP contribution in [0.3, 0.4) is 0 Å². The van der Waals surface area contributed by atoms with Crippen molar-refractivity contribution in [2.75, 3.05) is 7.11 Å². The first-order chi connectivity index (χ1) is 8.93. The number of carboxylic acids is 1. The van der Waals surface area contributed by atoms with Crippen LogP contribution in [0.5, 0.6) is 0 Å². The van der Waals surface area contributed by atoms with Crippen LogP contribution in [0.4, 0.5) is 4.39 Å². The second-order valence-corrected chi connectivity index (χ2v) is 4.09. The van der Waals surface area contributed by atoms with Crippen molar-refractivity contribution >= 4 is 11.9 Å². The van der Waals surface area contributed by atoms with Crippen LogP contribution in [-0.2, 0) is 14.3 Å². The Bertz CT molecular complexity index is 446. The highest BCUT2D eigenvalue weighted by Gasteiger charge is 2.21. The lowest BCUT2D eigenvalue weighted by atomic mass is 10.0. The number of benzene rings is 1. The number of carboxylic acid groups (broad SMARTS) is 1. The molecule has 0 bridgehead atoms. The van der Waals surface area contributed by atoms with Crippen LogP contribution in [0, 0.1) is 5.82 Å². The molecular formula is C13H16FNO4. The first-order valence-electron chi connectivity index (χ1n) is 5.74. The number of hydrogen-bond acceptors (Lipinski definition) is 3. The van der Waals surface area contributed by atoms with Gasteiger partial charge < -0.3 is 15.2 Å². The number of halogens is 1. The minimum atomic E-state index is -1.06. The maximum atomic E-state index is 12.8. The lowest BCUT2D eigenvalue weighted by Gasteiger charge is -2.19. The summed E-state index contributed by atoms with van der Waals surface area (Å²) in [6.07, 6.45) is -0.967. The van der Waals surface area contributed by atoms with Crippen LogP contribution in [0.1, 0.15) is 24.9 Å². The zero-order valence-electron chi connectivity index (χ0n) is 10.7. The molecule has 0 aliphatic heterocycles. The average molecular weight is 269 g/mol. The molecule has 104 valence electrons. The highest BCUT2D eigenvalue weighted by atomic mass is 19.1. The van der Waals surface area contributed by atoms with Crippen molar-refractivity contribution in [3.63, 3.8) is 0 Å². The van der Waals surface area contributed by atoms with Crippen LogP contribution in [0.15, 0.2) is 24.3 Å². The molecule has 0 aromatic heterocycles. The topological polar surface area (TPSA) is 75.6 Å². The van der Waals surface area contributed by atoms with Gasteiger partial charge in [0.15, 0.2) is 0 Å². The molecule has 0 saturated heterocycles. The number of amides is 1. The Labute approximate surface area is 110 Å². The first kappa shape index (κ1) is 15.1. The molecule has 0 radical (unpaired) electrons. The Kier molecular flexibility index (Phi) is 5.44. The average Bonchev–Trinajstić information content (AvgIpc) is 2.37. The van der Waals surface area contributed by atoms with Gasteiger partial charge in [0.1, 0.15) is 11.9 Å². The molecule has 0 aliphatic rings. The smallest absolute Gasteiger partial charge is 0.305 e. The van der Waals surface area contributed by atoms with E-state index in [0.29, 0.717) is 5.56 Å². The summed E-state index contributed by atoms with van der Waals surface area (Å²) in [6.45, 7) is 1.55. The van der Waals surface area contributed by atoms with E-state index in [-0.39, 0.29) is 6.42 Å². The minimum Gasteiger partial charge on any atom is -0.481 e. The fourth-order valence-electron chi connectivity index (χ4n) is 1.52. The third-order valence-electron chi connectivity index (χ3n) is 2.69. The van der Waals surface area contributed by atoms with E-state index in [4.69, 9.17) is 9.84 Å². The second kappa shape index (κ2) is 6.84. The molecule has 0 aliphatic carbocycles. The van der Waals surface area contributed by atoms with E-state index in [1.807, 2.05) is 0 Å². The molecule has 19 heavy (non-hydrogen) atoms. The fraction of sp³-hybridized carbons (Fsp3) is 0.385. The van der Waals surface area contributed by atoms with E-state index in [0.717, 1.165) is 0 Å². The van der Waals surface area contributed by atoms with Gasteiger partial charge in [0.05, 0.1) is 12.5 Å². The van der Waals surface area contributed by atoms with Crippen LogP contribution >= 0.6 is 0 Å². The van der Waals surface area contributed by atoms with Crippen molar-refractivity contribution in [3.8, 4) is 0 Å². The van der Waals surface area contributed by atoms with Crippen LogP contribution in [0.2, 0.25) is 0 Å². The summed E-state index contributed by atoms with van der Waals surface area (Å²) in [5, 5.41) is 11.4. The Morgan fingerprint density at radius 1 is 1.37 bits per heavy atom. The van der Waals surface area contributed by atoms with Gasteiger partial charge >= 0.3 is 5.97 Å². The highest BCUT2D eigenvalue weighted by molar-refractivity contribution is 5.81. The predicted octanol–water partition coefficient (Wildman–Crippen LogP) is 1.49. The van der Waals surface area contributed by atoms with Gasteiger partial charge in [-0.2, -0.15) is 0 Å². The van der Waals surface area contributed by atoms with E-state index in [2.05, 4.69) is 5.32 Å². The normalized spacial score (nSPS) is 13.6. The maximum Gasteiger partial charge on any atom is 0.305 e. The molecule has 2 N–H and O–H groups in total. The van der Waals surface area contributed by atoms with Crippen molar-refractivity contribution in [3.05, 3.63) is 35.6 Å². The number of methoxy groups -OCH3 is 1. The molecular weight excluding hydrogens is 253 g/mol. The number of carbonyl (C=O) groups is 2. The summed E-state index contributed by atoms with van der Waals surface area (Å²) in [5.41, 5.74) is 0.528. The Hall–Kier alpha value is -1.95. The second-order valence-electron chi connectivity index (χ2n) is 4.09. The zero-order valence-corrected chi connectivity index (χ0v) is 10.7. The molecule has 0 saturated carbocycles. The molecule has 1 aromatic carbocycles. The van der Waals surface area contributed by atoms with Gasteiger partial charge in [-0.05, 0) is 24.6 Å². The highest BCUT2D eigenvalue weighted by Crippen LogP contribution is 2.17. The maximum absolute atomic E-state index is 12.8. The summed E-state index contributed by atoms with van der Waals surface area (Å²) < 4.78 is 17.7. The van der Waals surface area contributed by atoms with Crippen LogP contribution < -0.4 is 5.32 Å². The van der Waals surface area contributed by atoms with Gasteiger partial charge in [-0.1, -0.05) is 12.1 Å². The van der Waals surface area contributed by atoms with E-state index in [1.165, 1.54) is 31.4 Å². The third kappa shape index (κ3) is 4.67. The number of aliphatic carboxylic acids is 1. The minimum absolute atomic E-state index is 0.284. The molecule has 2 unspecified atom stereocenters. The molecule has 0 heterocycles. The molecule has 2 atom stereocenters. The molecule has 0 fully saturated rings. The van der Waals surface area contributed by atoms with Crippen LogP contribution in [0.25, 0.3) is 0 Å². The van der Waals surface area contributed by atoms with Crippen LogP contribution in [-0.4, -0.2) is 30.2 Å². The number of ether oxygens (including phenoxy) is 1. The monoisotopic (exact) mass is 269 g/mol. The van der Waals surface area contributed by atoms with Crippen molar-refractivity contribution < 1.29 is 23.8 Å². The molecule has 0 spiro atoms. The lowest BCUT2D eigenvalue weighted by Crippen LogP contribution is -2.37. The van der Waals surface area contributed by atoms with Gasteiger partial charge in [-0.15, -0.1) is 0 Å². The van der Waals surface area contributed by atoms with Crippen molar-refractivity contribution in [1.29, 1.82) is 0 Å². The summed E-state index contributed by atoms with van der Waals surface area (Å²) in [6, 6.07) is 4.61. The van der Waals surface area contributed by atoms with E-state index in [9.17, 15) is 14.0 Å². The third-order valence-corrected chi connectivity index (χ3v) is 2.69. The molecule has 5 nitrogen and oxygen atoms in total. The van der Waals surface area contributed by atoms with Gasteiger partial charge in [0, 0.05) is 7.11 Å². The molecule has 1 aromatic rings.